The van der Waals surface area contributed by atoms with Crippen LogP contribution in [0.3, 0.4) is 0 Å². The lowest BCUT2D eigenvalue weighted by Crippen LogP contribution is -2.44. The fourth-order valence-electron chi connectivity index (χ4n) is 6.28. The van der Waals surface area contributed by atoms with E-state index < -0.39 is 11.8 Å². The van der Waals surface area contributed by atoms with Crippen LogP contribution in [0.2, 0.25) is 0 Å². The van der Waals surface area contributed by atoms with E-state index in [2.05, 4.69) is 13.8 Å². The Morgan fingerprint density at radius 2 is 1.78 bits per heavy atom. The third-order valence-electron chi connectivity index (χ3n) is 8.15. The molecular formula is C37H41FN2O6. The quantitative estimate of drug-likeness (QED) is 0.248. The van der Waals surface area contributed by atoms with Crippen molar-refractivity contribution in [3.8, 4) is 22.4 Å². The Morgan fingerprint density at radius 1 is 1.07 bits per heavy atom. The van der Waals surface area contributed by atoms with Gasteiger partial charge in [0.2, 0.25) is 0 Å². The number of nitrogens with zero attached hydrogens (tertiary/aromatic N) is 2. The van der Waals surface area contributed by atoms with Crippen molar-refractivity contribution in [1.29, 1.82) is 0 Å². The van der Waals surface area contributed by atoms with Gasteiger partial charge in [-0.25, -0.2) is 4.39 Å². The highest BCUT2D eigenvalue weighted by Gasteiger charge is 2.35. The fourth-order valence-corrected chi connectivity index (χ4v) is 6.28. The SMILES string of the molecule is CC(=O)C[C@H]1C[C@@H](/C=C/c2c(C(C)C)nc3c(c2-c2ccc(F)cc2)CN(C(=O)COC(C)=O)Cc2ccccc2-3)OC(C)(C)O1. The molecule has 46 heavy (non-hydrogen) atoms. The molecule has 0 aliphatic carbocycles. The Labute approximate surface area is 269 Å². The Bertz CT molecular complexity index is 1660. The highest BCUT2D eigenvalue weighted by molar-refractivity contribution is 5.88. The normalized spacial score (nSPS) is 19.0. The number of hydrogen-bond donors (Lipinski definition) is 0. The van der Waals surface area contributed by atoms with Crippen LogP contribution in [0.25, 0.3) is 28.5 Å². The number of carbonyl (C=O) groups excluding carboxylic acids is 3. The van der Waals surface area contributed by atoms with Crippen molar-refractivity contribution in [2.24, 2.45) is 0 Å². The van der Waals surface area contributed by atoms with Crippen LogP contribution < -0.4 is 0 Å². The number of hydrogen-bond acceptors (Lipinski definition) is 7. The number of benzene rings is 2. The highest BCUT2D eigenvalue weighted by Crippen LogP contribution is 2.42. The molecule has 0 saturated carbocycles. The number of pyridine rings is 1. The Kier molecular flexibility index (Phi) is 9.84. The smallest absolute Gasteiger partial charge is 0.303 e. The van der Waals surface area contributed by atoms with Crippen molar-refractivity contribution in [3.05, 3.63) is 82.8 Å². The number of esters is 1. The molecule has 0 N–H and O–H groups in total. The topological polar surface area (TPSA) is 95.0 Å². The maximum absolute atomic E-state index is 14.2. The monoisotopic (exact) mass is 628 g/mol. The number of ether oxygens (including phenoxy) is 3. The summed E-state index contributed by atoms with van der Waals surface area (Å²) in [6.07, 6.45) is 4.17. The number of rotatable bonds is 8. The highest BCUT2D eigenvalue weighted by atomic mass is 19.1. The molecule has 2 aromatic carbocycles. The number of amides is 1. The summed E-state index contributed by atoms with van der Waals surface area (Å²) < 4.78 is 31.6. The molecule has 0 spiro atoms. The van der Waals surface area contributed by atoms with Gasteiger partial charge >= 0.3 is 5.97 Å². The summed E-state index contributed by atoms with van der Waals surface area (Å²) in [7, 11) is 0. The number of carbonyl (C=O) groups is 3. The first kappa shape index (κ1) is 33.2. The number of ketones is 1. The van der Waals surface area contributed by atoms with Crippen LogP contribution in [0.4, 0.5) is 4.39 Å². The third-order valence-corrected chi connectivity index (χ3v) is 8.15. The Balaban J connectivity index is 1.71. The minimum atomic E-state index is -0.882. The molecule has 9 heteroatoms. The van der Waals surface area contributed by atoms with E-state index in [9.17, 15) is 18.8 Å². The molecule has 1 aromatic heterocycles. The van der Waals surface area contributed by atoms with Crippen LogP contribution in [-0.2, 0) is 41.7 Å². The predicted octanol–water partition coefficient (Wildman–Crippen LogP) is 6.99. The lowest BCUT2D eigenvalue weighted by atomic mass is 9.87. The molecule has 3 heterocycles. The van der Waals surface area contributed by atoms with Gasteiger partial charge in [0.15, 0.2) is 12.4 Å². The molecule has 2 aliphatic rings. The van der Waals surface area contributed by atoms with Gasteiger partial charge in [0.1, 0.15) is 11.6 Å². The molecule has 1 amide bonds. The van der Waals surface area contributed by atoms with E-state index in [-0.39, 0.29) is 48.8 Å². The molecule has 242 valence electrons. The van der Waals surface area contributed by atoms with E-state index >= 15 is 0 Å². The first-order chi connectivity index (χ1) is 21.8. The Hall–Kier alpha value is -4.21. The summed E-state index contributed by atoms with van der Waals surface area (Å²) in [6.45, 7) is 10.8. The number of Topliss-reactive ketones (excluding diaryl/α,β-unsaturated/α-hetero) is 1. The van der Waals surface area contributed by atoms with Crippen molar-refractivity contribution < 1.29 is 33.0 Å². The lowest BCUT2D eigenvalue weighted by Gasteiger charge is -2.39. The molecule has 3 aromatic rings. The second kappa shape index (κ2) is 13.6. The standard InChI is InChI=1S/C37H41FN2O6/c1-22(2)35-31(16-15-28-18-29(17-23(3)41)46-37(5,6)45-28)34(25-11-13-27(38)14-12-25)32-20-40(33(43)21-44-24(4)42)19-26-9-7-8-10-30(26)36(32)39-35/h7-16,22,28-29H,17-21H2,1-6H3/b16-15+/t28-,29+/m1/s1. The van der Waals surface area contributed by atoms with Crippen LogP contribution in [0.15, 0.2) is 54.6 Å². The number of halogens is 1. The molecular weight excluding hydrogens is 587 g/mol. The predicted molar refractivity (Wildman–Crippen MR) is 173 cm³/mol. The van der Waals surface area contributed by atoms with Gasteiger partial charge in [0.25, 0.3) is 5.91 Å². The van der Waals surface area contributed by atoms with E-state index in [1.54, 1.807) is 24.0 Å². The summed E-state index contributed by atoms with van der Waals surface area (Å²) in [4.78, 5) is 43.9. The van der Waals surface area contributed by atoms with Crippen molar-refractivity contribution in [1.82, 2.24) is 9.88 Å². The van der Waals surface area contributed by atoms with Crippen molar-refractivity contribution in [3.63, 3.8) is 0 Å². The molecule has 0 bridgehead atoms. The molecule has 0 radical (unpaired) electrons. The van der Waals surface area contributed by atoms with E-state index in [0.717, 1.165) is 44.8 Å². The maximum atomic E-state index is 14.2. The van der Waals surface area contributed by atoms with Gasteiger partial charge in [-0.2, -0.15) is 0 Å². The lowest BCUT2D eigenvalue weighted by molar-refractivity contribution is -0.289. The zero-order chi connectivity index (χ0) is 33.2. The fraction of sp³-hybridized carbons (Fsp3) is 0.405. The average molecular weight is 629 g/mol. The second-order valence-electron chi connectivity index (χ2n) is 12.8. The average Bonchev–Trinajstić information content (AvgIpc) is 3.14. The van der Waals surface area contributed by atoms with Crippen LogP contribution in [0.5, 0.6) is 0 Å². The second-order valence-corrected chi connectivity index (χ2v) is 12.8. The molecule has 2 aliphatic heterocycles. The van der Waals surface area contributed by atoms with Crippen LogP contribution in [0, 0.1) is 5.82 Å². The minimum Gasteiger partial charge on any atom is -0.456 e. The summed E-state index contributed by atoms with van der Waals surface area (Å²) in [6, 6.07) is 14.2. The summed E-state index contributed by atoms with van der Waals surface area (Å²) in [5.41, 5.74) is 6.67. The van der Waals surface area contributed by atoms with Gasteiger partial charge in [-0.1, -0.05) is 62.4 Å². The van der Waals surface area contributed by atoms with Gasteiger partial charge in [-0.3, -0.25) is 19.4 Å². The van der Waals surface area contributed by atoms with Crippen LogP contribution >= 0.6 is 0 Å². The van der Waals surface area contributed by atoms with Crippen molar-refractivity contribution in [2.45, 2.75) is 91.4 Å². The van der Waals surface area contributed by atoms with Crippen LogP contribution in [-0.4, -0.2) is 52.1 Å². The molecule has 2 atom stereocenters. The maximum Gasteiger partial charge on any atom is 0.303 e. The van der Waals surface area contributed by atoms with Crippen LogP contribution in [0.1, 0.15) is 82.7 Å². The van der Waals surface area contributed by atoms with Gasteiger partial charge in [-0.15, -0.1) is 0 Å². The van der Waals surface area contributed by atoms with Gasteiger partial charge in [0, 0.05) is 49.5 Å². The number of aromatic nitrogens is 1. The zero-order valence-corrected chi connectivity index (χ0v) is 27.3. The van der Waals surface area contributed by atoms with Crippen molar-refractivity contribution >= 4 is 23.7 Å². The zero-order valence-electron chi connectivity index (χ0n) is 27.3. The van der Waals surface area contributed by atoms with E-state index in [0.29, 0.717) is 19.4 Å². The first-order valence-electron chi connectivity index (χ1n) is 15.7. The van der Waals surface area contributed by atoms with E-state index in [1.807, 2.05) is 50.3 Å². The third kappa shape index (κ3) is 7.59. The summed E-state index contributed by atoms with van der Waals surface area (Å²) >= 11 is 0. The Morgan fingerprint density at radius 3 is 2.46 bits per heavy atom. The molecule has 1 saturated heterocycles. The largest absolute Gasteiger partial charge is 0.456 e. The minimum absolute atomic E-state index is 0.0128. The summed E-state index contributed by atoms with van der Waals surface area (Å²) in [5, 5.41) is 0. The van der Waals surface area contributed by atoms with E-state index in [4.69, 9.17) is 19.2 Å². The molecule has 0 unspecified atom stereocenters. The first-order valence-corrected chi connectivity index (χ1v) is 15.7. The number of fused-ring (bicyclic) bond motifs is 3. The van der Waals surface area contributed by atoms with Gasteiger partial charge < -0.3 is 19.1 Å². The van der Waals surface area contributed by atoms with Gasteiger partial charge in [-0.05, 0) is 55.5 Å². The van der Waals surface area contributed by atoms with Gasteiger partial charge in [0.05, 0.1) is 23.6 Å². The van der Waals surface area contributed by atoms with E-state index in [1.165, 1.54) is 19.1 Å². The molecule has 8 nitrogen and oxygen atoms in total. The summed E-state index contributed by atoms with van der Waals surface area (Å²) in [5.74, 6) is -2.04. The molecule has 5 rings (SSSR count). The molecule has 1 fully saturated rings. The van der Waals surface area contributed by atoms with Crippen molar-refractivity contribution in [2.75, 3.05) is 6.61 Å².